The molecule has 0 saturated carbocycles. The molecule has 23 heavy (non-hydrogen) atoms. The van der Waals surface area contributed by atoms with Crippen molar-refractivity contribution in [2.24, 2.45) is 0 Å². The van der Waals surface area contributed by atoms with Crippen LogP contribution in [0.25, 0.3) is 0 Å². The van der Waals surface area contributed by atoms with Crippen molar-refractivity contribution < 1.29 is 8.42 Å². The first-order valence-electron chi connectivity index (χ1n) is 6.81. The van der Waals surface area contributed by atoms with Crippen LogP contribution in [0.15, 0.2) is 52.3 Å². The van der Waals surface area contributed by atoms with E-state index < -0.39 is 10.0 Å². The van der Waals surface area contributed by atoms with Crippen molar-refractivity contribution in [3.8, 4) is 6.07 Å². The maximum absolute atomic E-state index is 12.5. The first-order chi connectivity index (χ1) is 10.9. The summed E-state index contributed by atoms with van der Waals surface area (Å²) in [7, 11) is -3.69. The molecule has 0 aliphatic heterocycles. The number of thioether (sulfide) groups is 1. The van der Waals surface area contributed by atoms with Gasteiger partial charge in [-0.1, -0.05) is 29.3 Å². The van der Waals surface area contributed by atoms with Crippen LogP contribution >= 0.6 is 23.4 Å². The highest BCUT2D eigenvalue weighted by molar-refractivity contribution is 7.99. The summed E-state index contributed by atoms with van der Waals surface area (Å²) in [6.07, 6.45) is 0.386. The summed E-state index contributed by atoms with van der Waals surface area (Å²) in [4.78, 5) is 0.927. The minimum atomic E-state index is -3.69. The molecule has 0 radical (unpaired) electrons. The number of rotatable bonds is 6. The SMILES string of the molecule is Cc1ccc(S(=O)(=O)Nc2cc(Cl)ccc2SCCC#N)cc1. The number of halogens is 1. The standard InChI is InChI=1S/C16H15ClN2O2S2/c1-12-3-6-14(7-4-12)23(20,21)19-15-11-13(17)5-8-16(15)22-10-2-9-18/h3-8,11,19H,2,10H2,1H3. The van der Waals surface area contributed by atoms with E-state index in [0.717, 1.165) is 10.5 Å². The first kappa shape index (κ1) is 17.7. The highest BCUT2D eigenvalue weighted by Gasteiger charge is 2.16. The van der Waals surface area contributed by atoms with Gasteiger partial charge in [-0.15, -0.1) is 11.8 Å². The summed E-state index contributed by atoms with van der Waals surface area (Å²) in [6, 6.07) is 13.7. The van der Waals surface area contributed by atoms with E-state index in [0.29, 0.717) is 22.9 Å². The van der Waals surface area contributed by atoms with Gasteiger partial charge in [-0.3, -0.25) is 4.72 Å². The van der Waals surface area contributed by atoms with Gasteiger partial charge in [0.25, 0.3) is 10.0 Å². The number of nitrogens with zero attached hydrogens (tertiary/aromatic N) is 1. The summed E-state index contributed by atoms with van der Waals surface area (Å²) in [5.74, 6) is 0.581. The van der Waals surface area contributed by atoms with E-state index in [-0.39, 0.29) is 4.90 Å². The molecule has 0 spiro atoms. The quantitative estimate of drug-likeness (QED) is 0.605. The lowest BCUT2D eigenvalue weighted by molar-refractivity contribution is 0.601. The highest BCUT2D eigenvalue weighted by atomic mass is 35.5. The molecule has 2 aromatic carbocycles. The van der Waals surface area contributed by atoms with Gasteiger partial charge in [0.05, 0.1) is 16.7 Å². The van der Waals surface area contributed by atoms with Crippen LogP contribution in [0.2, 0.25) is 5.02 Å². The molecule has 0 aliphatic rings. The van der Waals surface area contributed by atoms with Crippen LogP contribution in [0.4, 0.5) is 5.69 Å². The van der Waals surface area contributed by atoms with Crippen LogP contribution in [0.3, 0.4) is 0 Å². The zero-order valence-corrected chi connectivity index (χ0v) is 14.8. The Balaban J connectivity index is 2.29. The molecule has 1 N–H and O–H groups in total. The zero-order valence-electron chi connectivity index (χ0n) is 12.4. The Bertz CT molecular complexity index is 828. The van der Waals surface area contributed by atoms with Crippen molar-refractivity contribution in [3.05, 3.63) is 53.1 Å². The van der Waals surface area contributed by atoms with Crippen molar-refractivity contribution in [3.63, 3.8) is 0 Å². The third kappa shape index (κ3) is 4.90. The fourth-order valence-corrected chi connectivity index (χ4v) is 3.99. The maximum Gasteiger partial charge on any atom is 0.261 e. The molecule has 0 amide bonds. The minimum absolute atomic E-state index is 0.191. The fourth-order valence-electron chi connectivity index (χ4n) is 1.84. The molecule has 7 heteroatoms. The van der Waals surface area contributed by atoms with Crippen molar-refractivity contribution in [2.75, 3.05) is 10.5 Å². The van der Waals surface area contributed by atoms with Crippen LogP contribution in [0.5, 0.6) is 0 Å². The lowest BCUT2D eigenvalue weighted by Crippen LogP contribution is -2.13. The monoisotopic (exact) mass is 366 g/mol. The molecule has 0 unspecified atom stereocenters. The number of hydrogen-bond donors (Lipinski definition) is 1. The Morgan fingerprint density at radius 2 is 1.91 bits per heavy atom. The normalized spacial score (nSPS) is 11.0. The van der Waals surface area contributed by atoms with Gasteiger partial charge in [-0.25, -0.2) is 8.42 Å². The second-order valence-corrected chi connectivity index (χ2v) is 8.07. The van der Waals surface area contributed by atoms with Gasteiger partial charge in [0.2, 0.25) is 0 Å². The minimum Gasteiger partial charge on any atom is -0.278 e. The fraction of sp³-hybridized carbons (Fsp3) is 0.188. The molecule has 0 aromatic heterocycles. The van der Waals surface area contributed by atoms with Crippen LogP contribution in [-0.2, 0) is 10.0 Å². The number of aryl methyl sites for hydroxylation is 1. The molecule has 0 heterocycles. The van der Waals surface area contributed by atoms with Gasteiger partial charge in [-0.2, -0.15) is 5.26 Å². The molecule has 0 atom stereocenters. The Hall–Kier alpha value is -1.68. The first-order valence-corrected chi connectivity index (χ1v) is 9.66. The van der Waals surface area contributed by atoms with E-state index in [1.54, 1.807) is 42.5 Å². The molecule has 0 bridgehead atoms. The van der Waals surface area contributed by atoms with E-state index in [1.807, 2.05) is 6.92 Å². The van der Waals surface area contributed by atoms with Gasteiger partial charge in [0.1, 0.15) is 0 Å². The molecule has 2 rings (SSSR count). The number of benzene rings is 2. The maximum atomic E-state index is 12.5. The predicted molar refractivity (Wildman–Crippen MR) is 94.4 cm³/mol. The summed E-state index contributed by atoms with van der Waals surface area (Å²) < 4.78 is 27.6. The van der Waals surface area contributed by atoms with E-state index in [4.69, 9.17) is 16.9 Å². The number of nitrogens with one attached hydrogen (secondary N) is 1. The van der Waals surface area contributed by atoms with Crippen molar-refractivity contribution >= 4 is 39.1 Å². The third-order valence-corrected chi connectivity index (χ3v) is 5.68. The number of anilines is 1. The lowest BCUT2D eigenvalue weighted by atomic mass is 10.2. The van der Waals surface area contributed by atoms with E-state index in [1.165, 1.54) is 11.8 Å². The third-order valence-electron chi connectivity index (χ3n) is 2.99. The van der Waals surface area contributed by atoms with Crippen molar-refractivity contribution in [2.45, 2.75) is 23.1 Å². The van der Waals surface area contributed by atoms with Crippen LogP contribution < -0.4 is 4.72 Å². The zero-order chi connectivity index (χ0) is 16.9. The second-order valence-electron chi connectivity index (χ2n) is 4.82. The largest absolute Gasteiger partial charge is 0.278 e. The predicted octanol–water partition coefficient (Wildman–Crippen LogP) is 4.46. The van der Waals surface area contributed by atoms with E-state index in [2.05, 4.69) is 10.8 Å². The smallest absolute Gasteiger partial charge is 0.261 e. The molecule has 4 nitrogen and oxygen atoms in total. The summed E-state index contributed by atoms with van der Waals surface area (Å²) in [5.41, 5.74) is 1.40. The number of hydrogen-bond acceptors (Lipinski definition) is 4. The van der Waals surface area contributed by atoms with Crippen molar-refractivity contribution in [1.82, 2.24) is 0 Å². The van der Waals surface area contributed by atoms with Crippen molar-refractivity contribution in [1.29, 1.82) is 5.26 Å². The molecule has 2 aromatic rings. The Kier molecular flexibility index (Phi) is 5.94. The summed E-state index contributed by atoms with van der Waals surface area (Å²) in [5, 5.41) is 9.06. The highest BCUT2D eigenvalue weighted by Crippen LogP contribution is 2.32. The average Bonchev–Trinajstić information content (AvgIpc) is 2.50. The topological polar surface area (TPSA) is 70.0 Å². The Labute approximate surface area is 145 Å². The number of nitriles is 1. The molecule has 0 fully saturated rings. The van der Waals surface area contributed by atoms with Gasteiger partial charge < -0.3 is 0 Å². The summed E-state index contributed by atoms with van der Waals surface area (Å²) >= 11 is 7.39. The number of sulfonamides is 1. The van der Waals surface area contributed by atoms with Gasteiger partial charge in [-0.05, 0) is 37.3 Å². The second kappa shape index (κ2) is 7.73. The Morgan fingerprint density at radius 3 is 2.57 bits per heavy atom. The van der Waals surface area contributed by atoms with Crippen LogP contribution in [0, 0.1) is 18.3 Å². The van der Waals surface area contributed by atoms with Crippen LogP contribution in [0.1, 0.15) is 12.0 Å². The molecule has 0 saturated heterocycles. The van der Waals surface area contributed by atoms with Gasteiger partial charge in [0, 0.05) is 22.1 Å². The Morgan fingerprint density at radius 1 is 1.22 bits per heavy atom. The van der Waals surface area contributed by atoms with E-state index >= 15 is 0 Å². The average molecular weight is 367 g/mol. The molecule has 120 valence electrons. The molecule has 0 aliphatic carbocycles. The molecular formula is C16H15ClN2O2S2. The van der Waals surface area contributed by atoms with E-state index in [9.17, 15) is 8.42 Å². The summed E-state index contributed by atoms with van der Waals surface area (Å²) in [6.45, 7) is 1.89. The van der Waals surface area contributed by atoms with Gasteiger partial charge in [0.15, 0.2) is 0 Å². The van der Waals surface area contributed by atoms with Gasteiger partial charge >= 0.3 is 0 Å². The van der Waals surface area contributed by atoms with Crippen LogP contribution in [-0.4, -0.2) is 14.2 Å². The lowest BCUT2D eigenvalue weighted by Gasteiger charge is -2.13. The molecular weight excluding hydrogens is 352 g/mol.